The summed E-state index contributed by atoms with van der Waals surface area (Å²) in [6.07, 6.45) is 0.409. The van der Waals surface area contributed by atoms with E-state index in [2.05, 4.69) is 10.1 Å². The van der Waals surface area contributed by atoms with Crippen molar-refractivity contribution in [2.75, 3.05) is 5.73 Å². The van der Waals surface area contributed by atoms with Gasteiger partial charge in [-0.2, -0.15) is 5.10 Å². The average molecular weight is 477 g/mol. The minimum Gasteiger partial charge on any atom is -0.399 e. The van der Waals surface area contributed by atoms with E-state index in [-0.39, 0.29) is 11.5 Å². The number of H-pyrrole nitrogens is 1. The van der Waals surface area contributed by atoms with Gasteiger partial charge in [-0.05, 0) is 42.2 Å². The number of nitrogens with one attached hydrogen (secondary N) is 1. The fourth-order valence-electron chi connectivity index (χ4n) is 3.55. The van der Waals surface area contributed by atoms with E-state index >= 15 is 0 Å². The molecule has 31 heavy (non-hydrogen) atoms. The van der Waals surface area contributed by atoms with Gasteiger partial charge < -0.3 is 10.7 Å². The summed E-state index contributed by atoms with van der Waals surface area (Å²) in [5.74, 6) is 0.474. The van der Waals surface area contributed by atoms with Crippen LogP contribution in [0.5, 0.6) is 0 Å². The molecule has 0 aliphatic heterocycles. The zero-order valence-corrected chi connectivity index (χ0v) is 19.4. The van der Waals surface area contributed by atoms with Crippen LogP contribution in [0.4, 0.5) is 5.69 Å². The van der Waals surface area contributed by atoms with Crippen LogP contribution in [0.2, 0.25) is 15.1 Å². The Hall–Kier alpha value is -2.54. The molecule has 0 amide bonds. The zero-order chi connectivity index (χ0) is 22.4. The van der Waals surface area contributed by atoms with E-state index in [0.29, 0.717) is 55.4 Å². The molecule has 2 aromatic heterocycles. The maximum Gasteiger partial charge on any atom is 0.262 e. The van der Waals surface area contributed by atoms with Gasteiger partial charge >= 0.3 is 0 Å². The van der Waals surface area contributed by atoms with Crippen LogP contribution in [0, 0.1) is 6.92 Å². The molecule has 0 radical (unpaired) electrons. The first kappa shape index (κ1) is 21.7. The molecule has 0 fully saturated rings. The van der Waals surface area contributed by atoms with Crippen LogP contribution in [0.15, 0.2) is 35.1 Å². The number of fused-ring (bicyclic) bond motifs is 1. The third-order valence-corrected chi connectivity index (χ3v) is 5.99. The van der Waals surface area contributed by atoms with Gasteiger partial charge in [0, 0.05) is 17.1 Å². The predicted molar refractivity (Wildman–Crippen MR) is 127 cm³/mol. The van der Waals surface area contributed by atoms with Crippen molar-refractivity contribution in [3.8, 4) is 5.69 Å². The van der Waals surface area contributed by atoms with Gasteiger partial charge in [-0.15, -0.1) is 0 Å². The summed E-state index contributed by atoms with van der Waals surface area (Å²) in [6, 6.07) is 8.84. The maximum absolute atomic E-state index is 13.1. The molecule has 2 heterocycles. The molecule has 6 nitrogen and oxygen atoms in total. The summed E-state index contributed by atoms with van der Waals surface area (Å²) in [5, 5.41) is 6.09. The minimum atomic E-state index is -0.266. The Morgan fingerprint density at radius 3 is 2.48 bits per heavy atom. The molecule has 3 N–H and O–H groups in total. The Morgan fingerprint density at radius 2 is 1.84 bits per heavy atom. The number of aromatic nitrogens is 4. The molecule has 4 aromatic rings. The van der Waals surface area contributed by atoms with Gasteiger partial charge in [0.2, 0.25) is 0 Å². The number of benzene rings is 2. The molecule has 0 saturated heterocycles. The van der Waals surface area contributed by atoms with E-state index < -0.39 is 0 Å². The number of hydrogen-bond acceptors (Lipinski definition) is 4. The molecule has 4 rings (SSSR count). The summed E-state index contributed by atoms with van der Waals surface area (Å²) < 4.78 is 1.52. The van der Waals surface area contributed by atoms with Crippen molar-refractivity contribution in [1.29, 1.82) is 0 Å². The summed E-state index contributed by atoms with van der Waals surface area (Å²) in [4.78, 5) is 20.7. The third kappa shape index (κ3) is 3.91. The largest absolute Gasteiger partial charge is 0.399 e. The second-order valence-electron chi connectivity index (χ2n) is 7.69. The molecule has 0 aliphatic carbocycles. The highest BCUT2D eigenvalue weighted by Crippen LogP contribution is 2.34. The molecular formula is C22H20Cl3N5O. The lowest BCUT2D eigenvalue weighted by molar-refractivity contribution is 0.776. The second-order valence-corrected chi connectivity index (χ2v) is 8.94. The van der Waals surface area contributed by atoms with Gasteiger partial charge in [0.15, 0.2) is 5.65 Å². The Balaban J connectivity index is 1.98. The van der Waals surface area contributed by atoms with E-state index in [9.17, 15) is 4.79 Å². The lowest BCUT2D eigenvalue weighted by atomic mass is 10.0. The van der Waals surface area contributed by atoms with Gasteiger partial charge in [0.1, 0.15) is 16.9 Å². The zero-order valence-electron chi connectivity index (χ0n) is 17.1. The highest BCUT2D eigenvalue weighted by atomic mass is 35.5. The van der Waals surface area contributed by atoms with Gasteiger partial charge in [0.25, 0.3) is 5.56 Å². The molecule has 0 aliphatic rings. The molecule has 160 valence electrons. The molecule has 0 bridgehead atoms. The SMILES string of the molecule is Cc1c(N)cccc1Cc1nc2c(c(C(C)C)nn2-c2c(Cl)cc(Cl)cc2Cl)c(=O)[nH]1. The van der Waals surface area contributed by atoms with Crippen LogP contribution in [0.3, 0.4) is 0 Å². The van der Waals surface area contributed by atoms with E-state index in [0.717, 1.165) is 11.1 Å². The van der Waals surface area contributed by atoms with Crippen molar-refractivity contribution >= 4 is 51.5 Å². The van der Waals surface area contributed by atoms with Crippen molar-refractivity contribution in [2.45, 2.75) is 33.1 Å². The van der Waals surface area contributed by atoms with Crippen LogP contribution in [0.25, 0.3) is 16.7 Å². The fraction of sp³-hybridized carbons (Fsp3) is 0.227. The van der Waals surface area contributed by atoms with Crippen molar-refractivity contribution in [2.24, 2.45) is 0 Å². The van der Waals surface area contributed by atoms with Crippen molar-refractivity contribution in [3.05, 3.63) is 78.4 Å². The number of nitrogens with two attached hydrogens (primary N) is 1. The van der Waals surface area contributed by atoms with Crippen LogP contribution in [-0.4, -0.2) is 19.7 Å². The molecule has 0 unspecified atom stereocenters. The predicted octanol–water partition coefficient (Wildman–Crippen LogP) is 5.67. The van der Waals surface area contributed by atoms with Gasteiger partial charge in [-0.1, -0.05) is 60.8 Å². The number of anilines is 1. The van der Waals surface area contributed by atoms with Crippen LogP contribution in [-0.2, 0) is 6.42 Å². The van der Waals surface area contributed by atoms with E-state index in [4.69, 9.17) is 45.5 Å². The molecule has 0 saturated carbocycles. The van der Waals surface area contributed by atoms with Gasteiger partial charge in [0.05, 0.1) is 15.7 Å². The molecule has 0 spiro atoms. The normalized spacial score (nSPS) is 11.6. The highest BCUT2D eigenvalue weighted by molar-refractivity contribution is 6.40. The smallest absolute Gasteiger partial charge is 0.262 e. The number of hydrogen-bond donors (Lipinski definition) is 2. The monoisotopic (exact) mass is 475 g/mol. The van der Waals surface area contributed by atoms with Crippen LogP contribution < -0.4 is 11.3 Å². The average Bonchev–Trinajstić information content (AvgIpc) is 3.05. The molecule has 9 heteroatoms. The highest BCUT2D eigenvalue weighted by Gasteiger charge is 2.23. The first-order chi connectivity index (χ1) is 14.7. The van der Waals surface area contributed by atoms with E-state index in [1.54, 1.807) is 12.1 Å². The lowest BCUT2D eigenvalue weighted by Crippen LogP contribution is -2.14. The number of halogens is 3. The first-order valence-electron chi connectivity index (χ1n) is 9.68. The molecular weight excluding hydrogens is 457 g/mol. The van der Waals surface area contributed by atoms with Crippen LogP contribution in [0.1, 0.15) is 42.4 Å². The Morgan fingerprint density at radius 1 is 1.16 bits per heavy atom. The number of nitrogen functional groups attached to an aromatic ring is 1. The van der Waals surface area contributed by atoms with E-state index in [1.807, 2.05) is 39.0 Å². The third-order valence-electron chi connectivity index (χ3n) is 5.20. The standard InChI is InChI=1S/C22H20Cl3N5O/c1-10(2)19-18-21(30(29-19)20-14(24)8-13(23)9-15(20)25)27-17(28-22(18)31)7-12-5-4-6-16(26)11(12)3/h4-6,8-10H,7,26H2,1-3H3,(H,27,28,31). The van der Waals surface area contributed by atoms with Crippen LogP contribution >= 0.6 is 34.8 Å². The Kier molecular flexibility index (Phi) is 5.73. The molecule has 0 atom stereocenters. The summed E-state index contributed by atoms with van der Waals surface area (Å²) >= 11 is 19.0. The van der Waals surface area contributed by atoms with Crippen molar-refractivity contribution in [1.82, 2.24) is 19.7 Å². The van der Waals surface area contributed by atoms with Crippen molar-refractivity contribution in [3.63, 3.8) is 0 Å². The topological polar surface area (TPSA) is 89.6 Å². The van der Waals surface area contributed by atoms with E-state index in [1.165, 1.54) is 4.68 Å². The quantitative estimate of drug-likeness (QED) is 0.371. The second kappa shape index (κ2) is 8.19. The van der Waals surface area contributed by atoms with Gasteiger partial charge in [-0.25, -0.2) is 9.67 Å². The first-order valence-corrected chi connectivity index (χ1v) is 10.8. The minimum absolute atomic E-state index is 0.0153. The number of rotatable bonds is 4. The fourth-order valence-corrected chi connectivity index (χ4v) is 4.53. The molecule has 2 aromatic carbocycles. The number of aromatic amines is 1. The summed E-state index contributed by atoms with van der Waals surface area (Å²) in [6.45, 7) is 5.86. The lowest BCUT2D eigenvalue weighted by Gasteiger charge is -2.10. The Labute approximate surface area is 194 Å². The van der Waals surface area contributed by atoms with Crippen molar-refractivity contribution < 1.29 is 0 Å². The number of nitrogens with zero attached hydrogens (tertiary/aromatic N) is 3. The van der Waals surface area contributed by atoms with Gasteiger partial charge in [-0.3, -0.25) is 4.79 Å². The Bertz CT molecular complexity index is 1350. The summed E-state index contributed by atoms with van der Waals surface area (Å²) in [5.41, 5.74) is 9.79. The summed E-state index contributed by atoms with van der Waals surface area (Å²) in [7, 11) is 0. The maximum atomic E-state index is 13.1.